The molecule has 22 heavy (non-hydrogen) atoms. The number of hydrogen-bond donors (Lipinski definition) is 0. The SMILES string of the molecule is CCCCC1CCC(C(=O)[O-])(c2ccc(OCC)cc2)CC1. The lowest BCUT2D eigenvalue weighted by Gasteiger charge is -2.41. The third kappa shape index (κ3) is 3.63. The van der Waals surface area contributed by atoms with Gasteiger partial charge in [-0.25, -0.2) is 0 Å². The lowest BCUT2D eigenvalue weighted by atomic mass is 9.66. The van der Waals surface area contributed by atoms with Crippen molar-refractivity contribution >= 4 is 5.97 Å². The van der Waals surface area contributed by atoms with Crippen LogP contribution >= 0.6 is 0 Å². The van der Waals surface area contributed by atoms with Gasteiger partial charge >= 0.3 is 0 Å². The van der Waals surface area contributed by atoms with Crippen LogP contribution in [0.3, 0.4) is 0 Å². The number of rotatable bonds is 7. The Bertz CT molecular complexity index is 470. The molecule has 1 aliphatic carbocycles. The number of aliphatic carboxylic acids is 1. The molecule has 1 aromatic rings. The molecular formula is C19H27O3-. The molecule has 0 spiro atoms. The van der Waals surface area contributed by atoms with Gasteiger partial charge < -0.3 is 14.6 Å². The van der Waals surface area contributed by atoms with Crippen molar-refractivity contribution in [1.29, 1.82) is 0 Å². The molecule has 0 bridgehead atoms. The van der Waals surface area contributed by atoms with Gasteiger partial charge in [-0.05, 0) is 56.2 Å². The molecule has 0 N–H and O–H groups in total. The van der Waals surface area contributed by atoms with Crippen molar-refractivity contribution in [3.05, 3.63) is 29.8 Å². The van der Waals surface area contributed by atoms with E-state index in [2.05, 4.69) is 6.92 Å². The van der Waals surface area contributed by atoms with Crippen LogP contribution < -0.4 is 9.84 Å². The minimum Gasteiger partial charge on any atom is -0.549 e. The zero-order valence-electron chi connectivity index (χ0n) is 13.8. The van der Waals surface area contributed by atoms with E-state index in [9.17, 15) is 9.90 Å². The van der Waals surface area contributed by atoms with Crippen LogP contribution in [0, 0.1) is 5.92 Å². The van der Waals surface area contributed by atoms with Crippen LogP contribution in [0.2, 0.25) is 0 Å². The van der Waals surface area contributed by atoms with E-state index < -0.39 is 11.4 Å². The van der Waals surface area contributed by atoms with E-state index in [1.54, 1.807) is 0 Å². The molecule has 1 aliphatic rings. The van der Waals surface area contributed by atoms with Crippen molar-refractivity contribution in [3.8, 4) is 5.75 Å². The smallest absolute Gasteiger partial charge is 0.119 e. The van der Waals surface area contributed by atoms with E-state index in [-0.39, 0.29) is 0 Å². The number of unbranched alkanes of at least 4 members (excludes halogenated alkanes) is 1. The minimum absolute atomic E-state index is 0.615. The summed E-state index contributed by atoms with van der Waals surface area (Å²) in [6, 6.07) is 7.53. The van der Waals surface area contributed by atoms with Crippen molar-refractivity contribution in [3.63, 3.8) is 0 Å². The molecule has 0 aromatic heterocycles. The van der Waals surface area contributed by atoms with E-state index in [4.69, 9.17) is 4.74 Å². The van der Waals surface area contributed by atoms with E-state index in [1.165, 1.54) is 19.3 Å². The second-order valence-electron chi connectivity index (χ2n) is 6.41. The molecule has 0 unspecified atom stereocenters. The summed E-state index contributed by atoms with van der Waals surface area (Å²) in [7, 11) is 0. The van der Waals surface area contributed by atoms with Gasteiger partial charge in [-0.2, -0.15) is 0 Å². The summed E-state index contributed by atoms with van der Waals surface area (Å²) < 4.78 is 5.44. The first-order valence-electron chi connectivity index (χ1n) is 8.57. The molecule has 0 heterocycles. The molecule has 122 valence electrons. The highest BCUT2D eigenvalue weighted by atomic mass is 16.5. The molecule has 1 fully saturated rings. The predicted octanol–water partition coefficient (Wildman–Crippen LogP) is 3.45. The summed E-state index contributed by atoms with van der Waals surface area (Å²) in [5.74, 6) is 0.539. The highest BCUT2D eigenvalue weighted by Gasteiger charge is 2.38. The summed E-state index contributed by atoms with van der Waals surface area (Å²) in [6.07, 6.45) is 7.04. The Kier molecular flexibility index (Phi) is 5.87. The first kappa shape index (κ1) is 16.9. The van der Waals surface area contributed by atoms with Crippen LogP contribution in [0.1, 0.15) is 64.4 Å². The van der Waals surface area contributed by atoms with Crippen LogP contribution in [0.15, 0.2) is 24.3 Å². The van der Waals surface area contributed by atoms with E-state index in [0.717, 1.165) is 24.2 Å². The maximum Gasteiger partial charge on any atom is 0.119 e. The van der Waals surface area contributed by atoms with Crippen molar-refractivity contribution in [2.75, 3.05) is 6.61 Å². The van der Waals surface area contributed by atoms with E-state index >= 15 is 0 Å². The zero-order chi connectivity index (χ0) is 16.0. The molecule has 0 radical (unpaired) electrons. The fraction of sp³-hybridized carbons (Fsp3) is 0.632. The normalized spacial score (nSPS) is 24.9. The van der Waals surface area contributed by atoms with Crippen LogP contribution in [-0.4, -0.2) is 12.6 Å². The molecule has 1 aromatic carbocycles. The molecule has 2 rings (SSSR count). The van der Waals surface area contributed by atoms with E-state index in [1.807, 2.05) is 31.2 Å². The van der Waals surface area contributed by atoms with Crippen LogP contribution in [0.25, 0.3) is 0 Å². The predicted molar refractivity (Wildman–Crippen MR) is 85.8 cm³/mol. The highest BCUT2D eigenvalue weighted by molar-refractivity contribution is 5.79. The summed E-state index contributed by atoms with van der Waals surface area (Å²) >= 11 is 0. The Morgan fingerprint density at radius 1 is 1.23 bits per heavy atom. The molecule has 1 saturated carbocycles. The number of carboxylic acid groups (broad SMARTS) is 1. The maximum absolute atomic E-state index is 11.9. The Labute approximate surface area is 133 Å². The highest BCUT2D eigenvalue weighted by Crippen LogP contribution is 2.43. The number of carboxylic acids is 1. The molecule has 3 heteroatoms. The number of ether oxygens (including phenoxy) is 1. The van der Waals surface area contributed by atoms with Gasteiger partial charge in [0.2, 0.25) is 0 Å². The Hall–Kier alpha value is -1.51. The second kappa shape index (κ2) is 7.66. The van der Waals surface area contributed by atoms with Crippen molar-refractivity contribution < 1.29 is 14.6 Å². The average molecular weight is 303 g/mol. The van der Waals surface area contributed by atoms with Gasteiger partial charge in [0, 0.05) is 5.41 Å². The topological polar surface area (TPSA) is 49.4 Å². The fourth-order valence-electron chi connectivity index (χ4n) is 3.60. The number of carbonyl (C=O) groups excluding carboxylic acids is 1. The molecular weight excluding hydrogens is 276 g/mol. The largest absolute Gasteiger partial charge is 0.549 e. The number of carbonyl (C=O) groups is 1. The van der Waals surface area contributed by atoms with Gasteiger partial charge in [-0.3, -0.25) is 0 Å². The van der Waals surface area contributed by atoms with Gasteiger partial charge in [0.15, 0.2) is 0 Å². The first-order valence-corrected chi connectivity index (χ1v) is 8.57. The molecule has 0 saturated heterocycles. The van der Waals surface area contributed by atoms with Gasteiger partial charge in [0.1, 0.15) is 5.75 Å². The third-order valence-electron chi connectivity index (χ3n) is 5.03. The summed E-state index contributed by atoms with van der Waals surface area (Å²) in [5.41, 5.74) is 0.0536. The molecule has 3 nitrogen and oxygen atoms in total. The summed E-state index contributed by atoms with van der Waals surface area (Å²) in [6.45, 7) is 4.76. The molecule has 0 aliphatic heterocycles. The monoisotopic (exact) mass is 303 g/mol. The number of hydrogen-bond acceptors (Lipinski definition) is 3. The quantitative estimate of drug-likeness (QED) is 0.775. The first-order chi connectivity index (χ1) is 10.6. The Morgan fingerprint density at radius 3 is 2.36 bits per heavy atom. The van der Waals surface area contributed by atoms with Gasteiger partial charge in [-0.15, -0.1) is 0 Å². The summed E-state index contributed by atoms with van der Waals surface area (Å²) in [4.78, 5) is 11.9. The summed E-state index contributed by atoms with van der Waals surface area (Å²) in [5, 5.41) is 11.9. The number of benzene rings is 1. The second-order valence-corrected chi connectivity index (χ2v) is 6.41. The standard InChI is InChI=1S/C19H28O3/c1-3-5-6-15-11-13-19(14-12-15,18(20)21)16-7-9-17(10-8-16)22-4-2/h7-10,15H,3-6,11-14H2,1-2H3,(H,20,21)/p-1. The Morgan fingerprint density at radius 2 is 1.86 bits per heavy atom. The Balaban J connectivity index is 2.11. The lowest BCUT2D eigenvalue weighted by molar-refractivity contribution is -0.315. The zero-order valence-corrected chi connectivity index (χ0v) is 13.8. The van der Waals surface area contributed by atoms with Crippen molar-refractivity contribution in [2.45, 2.75) is 64.2 Å². The van der Waals surface area contributed by atoms with Crippen molar-refractivity contribution in [2.24, 2.45) is 5.92 Å². The lowest BCUT2D eigenvalue weighted by Crippen LogP contribution is -2.48. The minimum atomic E-state index is -0.925. The van der Waals surface area contributed by atoms with Crippen LogP contribution in [0.4, 0.5) is 0 Å². The van der Waals surface area contributed by atoms with Gasteiger partial charge in [0.05, 0.1) is 12.6 Å². The van der Waals surface area contributed by atoms with Crippen molar-refractivity contribution in [1.82, 2.24) is 0 Å². The average Bonchev–Trinajstić information content (AvgIpc) is 2.54. The third-order valence-corrected chi connectivity index (χ3v) is 5.03. The van der Waals surface area contributed by atoms with Gasteiger partial charge in [-0.1, -0.05) is 38.3 Å². The molecule has 0 amide bonds. The van der Waals surface area contributed by atoms with E-state index in [0.29, 0.717) is 25.4 Å². The fourth-order valence-corrected chi connectivity index (χ4v) is 3.60. The van der Waals surface area contributed by atoms with Gasteiger partial charge in [0.25, 0.3) is 0 Å². The maximum atomic E-state index is 11.9. The van der Waals surface area contributed by atoms with Crippen LogP contribution in [0.5, 0.6) is 5.75 Å². The van der Waals surface area contributed by atoms with Crippen LogP contribution in [-0.2, 0) is 10.2 Å². The molecule has 0 atom stereocenters.